The zero-order chi connectivity index (χ0) is 14.5. The molecule has 1 saturated heterocycles. The van der Waals surface area contributed by atoms with Gasteiger partial charge < -0.3 is 4.90 Å². The van der Waals surface area contributed by atoms with Crippen LogP contribution in [0.1, 0.15) is 25.3 Å². The van der Waals surface area contributed by atoms with E-state index in [1.165, 1.54) is 12.1 Å². The predicted molar refractivity (Wildman–Crippen MR) is 74.2 cm³/mol. The molecule has 0 aliphatic carbocycles. The Hall–Kier alpha value is -1.89. The minimum absolute atomic E-state index is 0.122. The van der Waals surface area contributed by atoms with E-state index in [0.29, 0.717) is 11.5 Å². The summed E-state index contributed by atoms with van der Waals surface area (Å²) >= 11 is 0. The van der Waals surface area contributed by atoms with Crippen LogP contribution in [0, 0.1) is 29.0 Å². The number of carbonyl (C=O) groups is 1. The van der Waals surface area contributed by atoms with Crippen molar-refractivity contribution in [3.63, 3.8) is 0 Å². The summed E-state index contributed by atoms with van der Waals surface area (Å²) in [4.78, 5) is 14.1. The molecule has 3 nitrogen and oxygen atoms in total. The summed E-state index contributed by atoms with van der Waals surface area (Å²) in [6.45, 7) is 3.62. The number of nitrogens with zero attached hydrogens (tertiary/aromatic N) is 2. The van der Waals surface area contributed by atoms with Gasteiger partial charge in [-0.3, -0.25) is 4.79 Å². The molecule has 1 unspecified atom stereocenters. The second-order valence-electron chi connectivity index (χ2n) is 5.52. The van der Waals surface area contributed by atoms with Crippen molar-refractivity contribution in [3.8, 4) is 6.07 Å². The Morgan fingerprint density at radius 1 is 1.50 bits per heavy atom. The lowest BCUT2D eigenvalue weighted by Crippen LogP contribution is -2.41. The monoisotopic (exact) mass is 274 g/mol. The Morgan fingerprint density at radius 2 is 2.20 bits per heavy atom. The fourth-order valence-electron chi connectivity index (χ4n) is 2.54. The number of piperidine rings is 1. The zero-order valence-corrected chi connectivity index (χ0v) is 11.7. The molecule has 0 radical (unpaired) electrons. The van der Waals surface area contributed by atoms with Crippen molar-refractivity contribution >= 4 is 5.91 Å². The van der Waals surface area contributed by atoms with E-state index in [1.54, 1.807) is 17.0 Å². The SMILES string of the molecule is CC1CCN(C(=O)C(C#N)Cc2cccc(F)c2)CC1. The minimum atomic E-state index is -0.717. The van der Waals surface area contributed by atoms with Crippen molar-refractivity contribution in [1.82, 2.24) is 4.90 Å². The summed E-state index contributed by atoms with van der Waals surface area (Å²) in [7, 11) is 0. The summed E-state index contributed by atoms with van der Waals surface area (Å²) in [5, 5.41) is 9.22. The quantitative estimate of drug-likeness (QED) is 0.850. The van der Waals surface area contributed by atoms with Crippen LogP contribution < -0.4 is 0 Å². The molecule has 0 aromatic heterocycles. The van der Waals surface area contributed by atoms with Gasteiger partial charge in [-0.2, -0.15) is 5.26 Å². The molecule has 1 atom stereocenters. The van der Waals surface area contributed by atoms with Crippen molar-refractivity contribution in [2.75, 3.05) is 13.1 Å². The number of nitriles is 1. The number of hydrogen-bond acceptors (Lipinski definition) is 2. The van der Waals surface area contributed by atoms with Crippen LogP contribution in [0.15, 0.2) is 24.3 Å². The van der Waals surface area contributed by atoms with Crippen LogP contribution in [0.25, 0.3) is 0 Å². The van der Waals surface area contributed by atoms with Gasteiger partial charge in [-0.15, -0.1) is 0 Å². The number of carbonyl (C=O) groups excluding carboxylic acids is 1. The van der Waals surface area contributed by atoms with E-state index in [2.05, 4.69) is 13.0 Å². The molecule has 1 amide bonds. The number of rotatable bonds is 3. The van der Waals surface area contributed by atoms with E-state index in [0.717, 1.165) is 25.9 Å². The molecular weight excluding hydrogens is 255 g/mol. The smallest absolute Gasteiger partial charge is 0.240 e. The summed E-state index contributed by atoms with van der Waals surface area (Å²) in [6.07, 6.45) is 2.26. The summed E-state index contributed by atoms with van der Waals surface area (Å²) < 4.78 is 13.1. The van der Waals surface area contributed by atoms with Crippen LogP contribution in [0.3, 0.4) is 0 Å². The average molecular weight is 274 g/mol. The van der Waals surface area contributed by atoms with E-state index in [-0.39, 0.29) is 18.1 Å². The number of hydrogen-bond donors (Lipinski definition) is 0. The maximum absolute atomic E-state index is 13.1. The molecule has 1 aromatic carbocycles. The van der Waals surface area contributed by atoms with Crippen LogP contribution >= 0.6 is 0 Å². The molecule has 2 rings (SSSR count). The molecule has 20 heavy (non-hydrogen) atoms. The highest BCUT2D eigenvalue weighted by molar-refractivity contribution is 5.81. The molecule has 1 aliphatic heterocycles. The lowest BCUT2D eigenvalue weighted by atomic mass is 9.95. The van der Waals surface area contributed by atoms with Gasteiger partial charge in [-0.1, -0.05) is 19.1 Å². The molecule has 106 valence electrons. The molecule has 1 heterocycles. The van der Waals surface area contributed by atoms with Gasteiger partial charge in [0.05, 0.1) is 6.07 Å². The minimum Gasteiger partial charge on any atom is -0.342 e. The first kappa shape index (κ1) is 14.5. The second kappa shape index (κ2) is 6.51. The average Bonchev–Trinajstić information content (AvgIpc) is 2.45. The summed E-state index contributed by atoms with van der Waals surface area (Å²) in [5.74, 6) is -0.532. The summed E-state index contributed by atoms with van der Waals surface area (Å²) in [5.41, 5.74) is 0.690. The first-order chi connectivity index (χ1) is 9.60. The molecule has 0 saturated carbocycles. The van der Waals surface area contributed by atoms with Crippen molar-refractivity contribution in [3.05, 3.63) is 35.6 Å². The Balaban J connectivity index is 2.01. The van der Waals surface area contributed by atoms with Crippen molar-refractivity contribution in [2.45, 2.75) is 26.2 Å². The molecule has 4 heteroatoms. The largest absolute Gasteiger partial charge is 0.342 e. The number of halogens is 1. The molecule has 0 N–H and O–H groups in total. The fraction of sp³-hybridized carbons (Fsp3) is 0.500. The van der Waals surface area contributed by atoms with Gasteiger partial charge in [-0.25, -0.2) is 4.39 Å². The molecule has 0 bridgehead atoms. The van der Waals surface area contributed by atoms with E-state index in [4.69, 9.17) is 0 Å². The van der Waals surface area contributed by atoms with Gasteiger partial charge in [-0.05, 0) is 42.9 Å². The van der Waals surface area contributed by atoms with E-state index in [1.807, 2.05) is 0 Å². The lowest BCUT2D eigenvalue weighted by Gasteiger charge is -2.31. The Labute approximate surface area is 119 Å². The van der Waals surface area contributed by atoms with Crippen molar-refractivity contribution in [2.24, 2.45) is 11.8 Å². The maximum Gasteiger partial charge on any atom is 0.240 e. The van der Waals surface area contributed by atoms with E-state index < -0.39 is 5.92 Å². The van der Waals surface area contributed by atoms with Gasteiger partial charge in [0.15, 0.2) is 0 Å². The number of likely N-dealkylation sites (tertiary alicyclic amines) is 1. The number of benzene rings is 1. The molecule has 0 spiro atoms. The van der Waals surface area contributed by atoms with Crippen LogP contribution in [0.2, 0.25) is 0 Å². The highest BCUT2D eigenvalue weighted by Gasteiger charge is 2.27. The highest BCUT2D eigenvalue weighted by atomic mass is 19.1. The second-order valence-corrected chi connectivity index (χ2v) is 5.52. The van der Waals surface area contributed by atoms with Gasteiger partial charge in [0.2, 0.25) is 5.91 Å². The maximum atomic E-state index is 13.1. The molecular formula is C16H19FN2O. The molecule has 1 fully saturated rings. The van der Waals surface area contributed by atoms with Crippen LogP contribution in [-0.4, -0.2) is 23.9 Å². The van der Waals surface area contributed by atoms with Crippen LogP contribution in [0.5, 0.6) is 0 Å². The molecule has 1 aliphatic rings. The Bertz CT molecular complexity index is 515. The molecule has 1 aromatic rings. The standard InChI is InChI=1S/C16H19FN2O/c1-12-5-7-19(8-6-12)16(20)14(11-18)9-13-3-2-4-15(17)10-13/h2-4,10,12,14H,5-9H2,1H3. The first-order valence-corrected chi connectivity index (χ1v) is 7.03. The predicted octanol–water partition coefficient (Wildman–Crippen LogP) is 2.77. The van der Waals surface area contributed by atoms with Gasteiger partial charge >= 0.3 is 0 Å². The first-order valence-electron chi connectivity index (χ1n) is 7.03. The zero-order valence-electron chi connectivity index (χ0n) is 11.7. The normalized spacial score (nSPS) is 17.6. The Kier molecular flexibility index (Phi) is 4.73. The third-order valence-electron chi connectivity index (χ3n) is 3.88. The highest BCUT2D eigenvalue weighted by Crippen LogP contribution is 2.19. The van der Waals surface area contributed by atoms with Gasteiger partial charge in [0.25, 0.3) is 0 Å². The third-order valence-corrected chi connectivity index (χ3v) is 3.88. The van der Waals surface area contributed by atoms with Gasteiger partial charge in [0, 0.05) is 13.1 Å². The third kappa shape index (κ3) is 3.57. The van der Waals surface area contributed by atoms with Crippen molar-refractivity contribution in [1.29, 1.82) is 5.26 Å². The topological polar surface area (TPSA) is 44.1 Å². The lowest BCUT2D eigenvalue weighted by molar-refractivity contribution is -0.135. The van der Waals surface area contributed by atoms with Gasteiger partial charge in [0.1, 0.15) is 11.7 Å². The van der Waals surface area contributed by atoms with Crippen molar-refractivity contribution < 1.29 is 9.18 Å². The van der Waals surface area contributed by atoms with E-state index >= 15 is 0 Å². The van der Waals surface area contributed by atoms with Crippen LogP contribution in [0.4, 0.5) is 4.39 Å². The van der Waals surface area contributed by atoms with Crippen LogP contribution in [-0.2, 0) is 11.2 Å². The Morgan fingerprint density at radius 3 is 2.80 bits per heavy atom. The number of amides is 1. The fourth-order valence-corrected chi connectivity index (χ4v) is 2.54. The summed E-state index contributed by atoms with van der Waals surface area (Å²) in [6, 6.07) is 8.16. The van der Waals surface area contributed by atoms with E-state index in [9.17, 15) is 14.4 Å².